The van der Waals surface area contributed by atoms with E-state index in [9.17, 15) is 14.4 Å². The number of hydrogen-bond donors (Lipinski definition) is 0. The van der Waals surface area contributed by atoms with E-state index < -0.39 is 12.1 Å². The smallest absolute Gasteiger partial charge is 0.309 e. The summed E-state index contributed by atoms with van der Waals surface area (Å²) in [5, 5.41) is 0. The van der Waals surface area contributed by atoms with E-state index in [2.05, 4.69) is 118 Å². The minimum absolute atomic E-state index is 0.121. The van der Waals surface area contributed by atoms with Crippen LogP contribution in [0.25, 0.3) is 0 Å². The van der Waals surface area contributed by atoms with E-state index in [1.807, 2.05) is 6.08 Å². The first-order valence-corrected chi connectivity index (χ1v) is 27.4. The molecule has 67 heavy (non-hydrogen) atoms. The van der Waals surface area contributed by atoms with Gasteiger partial charge in [-0.1, -0.05) is 246 Å². The van der Waals surface area contributed by atoms with Crippen LogP contribution in [0.1, 0.15) is 239 Å². The van der Waals surface area contributed by atoms with Gasteiger partial charge in [-0.2, -0.15) is 0 Å². The summed E-state index contributed by atoms with van der Waals surface area (Å²) in [6.45, 7) is 6.31. The zero-order chi connectivity index (χ0) is 48.6. The van der Waals surface area contributed by atoms with Crippen LogP contribution in [0.15, 0.2) is 109 Å². The minimum atomic E-state index is -0.828. The van der Waals surface area contributed by atoms with Gasteiger partial charge in [0, 0.05) is 12.8 Å². The van der Waals surface area contributed by atoms with Gasteiger partial charge in [-0.05, 0) is 83.5 Å². The fourth-order valence-corrected chi connectivity index (χ4v) is 7.27. The maximum absolute atomic E-state index is 12.8. The molecule has 0 saturated heterocycles. The van der Waals surface area contributed by atoms with Crippen LogP contribution in [0.4, 0.5) is 0 Å². The Balaban J connectivity index is 4.53. The van der Waals surface area contributed by atoms with Gasteiger partial charge in [0.25, 0.3) is 0 Å². The van der Waals surface area contributed by atoms with Crippen molar-refractivity contribution in [1.29, 1.82) is 0 Å². The van der Waals surface area contributed by atoms with Crippen LogP contribution in [0, 0.1) is 0 Å². The fourth-order valence-electron chi connectivity index (χ4n) is 7.27. The van der Waals surface area contributed by atoms with Gasteiger partial charge in [-0.25, -0.2) is 0 Å². The van der Waals surface area contributed by atoms with Crippen molar-refractivity contribution in [2.24, 2.45) is 0 Å². The summed E-state index contributed by atoms with van der Waals surface area (Å²) < 4.78 is 16.7. The normalized spacial score (nSPS) is 12.9. The van der Waals surface area contributed by atoms with Crippen molar-refractivity contribution in [2.45, 2.75) is 245 Å². The number of rotatable bonds is 48. The Labute approximate surface area is 412 Å². The molecule has 380 valence electrons. The Morgan fingerprint density at radius 1 is 0.328 bits per heavy atom. The lowest BCUT2D eigenvalue weighted by molar-refractivity contribution is -0.166. The average Bonchev–Trinajstić information content (AvgIpc) is 3.33. The molecule has 0 heterocycles. The molecule has 6 nitrogen and oxygen atoms in total. The number of ether oxygens (including phenoxy) is 3. The second-order valence-electron chi connectivity index (χ2n) is 17.8. The van der Waals surface area contributed by atoms with Crippen molar-refractivity contribution in [3.8, 4) is 0 Å². The minimum Gasteiger partial charge on any atom is -0.462 e. The number of carbonyl (C=O) groups is 3. The molecule has 0 aliphatic carbocycles. The Morgan fingerprint density at radius 3 is 1.04 bits per heavy atom. The quantitative estimate of drug-likeness (QED) is 0.0262. The molecule has 0 aliphatic heterocycles. The van der Waals surface area contributed by atoms with Crippen LogP contribution in [0.5, 0.6) is 0 Å². The Kier molecular flexibility index (Phi) is 51.5. The summed E-state index contributed by atoms with van der Waals surface area (Å²) in [6.07, 6.45) is 73.9. The van der Waals surface area contributed by atoms with E-state index in [-0.39, 0.29) is 31.6 Å². The van der Waals surface area contributed by atoms with E-state index in [1.54, 1.807) is 6.08 Å². The van der Waals surface area contributed by atoms with E-state index >= 15 is 0 Å². The Morgan fingerprint density at radius 2 is 0.642 bits per heavy atom. The van der Waals surface area contributed by atoms with Crippen LogP contribution in [0.2, 0.25) is 0 Å². The molecule has 0 fully saturated rings. The summed E-state index contributed by atoms with van der Waals surface area (Å²) >= 11 is 0. The topological polar surface area (TPSA) is 78.9 Å². The van der Waals surface area contributed by atoms with Crippen LogP contribution < -0.4 is 0 Å². The second kappa shape index (κ2) is 54.7. The van der Waals surface area contributed by atoms with E-state index in [4.69, 9.17) is 14.2 Å². The van der Waals surface area contributed by atoms with Crippen molar-refractivity contribution in [2.75, 3.05) is 13.2 Å². The zero-order valence-electron chi connectivity index (χ0n) is 43.4. The largest absolute Gasteiger partial charge is 0.462 e. The van der Waals surface area contributed by atoms with Gasteiger partial charge in [-0.3, -0.25) is 14.4 Å². The monoisotopic (exact) mass is 929 g/mol. The first kappa shape index (κ1) is 63.1. The van der Waals surface area contributed by atoms with Crippen molar-refractivity contribution in [3.05, 3.63) is 109 Å². The summed E-state index contributed by atoms with van der Waals surface area (Å²) in [5.74, 6) is -1.07. The van der Waals surface area contributed by atoms with Gasteiger partial charge in [0.2, 0.25) is 0 Å². The Bertz CT molecular complexity index is 1390. The Hall–Kier alpha value is -3.93. The van der Waals surface area contributed by atoms with Crippen LogP contribution in [-0.4, -0.2) is 37.2 Å². The van der Waals surface area contributed by atoms with Gasteiger partial charge in [-0.15, -0.1) is 0 Å². The van der Waals surface area contributed by atoms with Crippen molar-refractivity contribution >= 4 is 17.9 Å². The maximum atomic E-state index is 12.8. The molecule has 0 bridgehead atoms. The lowest BCUT2D eigenvalue weighted by atomic mass is 10.0. The van der Waals surface area contributed by atoms with Crippen molar-refractivity contribution < 1.29 is 28.6 Å². The average molecular weight is 929 g/mol. The molecule has 0 spiro atoms. The number of unbranched alkanes of at least 4 members (excludes halogenated alkanes) is 20. The highest BCUT2D eigenvalue weighted by Crippen LogP contribution is 2.15. The number of carbonyl (C=O) groups excluding carboxylic acids is 3. The molecule has 0 N–H and O–H groups in total. The summed E-state index contributed by atoms with van der Waals surface area (Å²) in [5.41, 5.74) is 0. The molecule has 1 atom stereocenters. The predicted molar refractivity (Wildman–Crippen MR) is 288 cm³/mol. The highest BCUT2D eigenvalue weighted by atomic mass is 16.6. The zero-order valence-corrected chi connectivity index (χ0v) is 43.4. The molecule has 0 aliphatic rings. The molecule has 0 aromatic carbocycles. The predicted octanol–water partition coefficient (Wildman–Crippen LogP) is 18.3. The molecule has 0 saturated carbocycles. The summed E-state index contributed by atoms with van der Waals surface area (Å²) in [4.78, 5) is 38.0. The van der Waals surface area contributed by atoms with E-state index in [1.165, 1.54) is 89.9 Å². The summed E-state index contributed by atoms with van der Waals surface area (Å²) in [6, 6.07) is 0. The molecule has 0 aromatic rings. The first-order chi connectivity index (χ1) is 33.0. The van der Waals surface area contributed by atoms with Crippen LogP contribution >= 0.6 is 0 Å². The van der Waals surface area contributed by atoms with E-state index in [0.717, 1.165) is 109 Å². The molecule has 0 rings (SSSR count). The van der Waals surface area contributed by atoms with Gasteiger partial charge in [0.05, 0.1) is 6.42 Å². The SMILES string of the molecule is CC/C=C\C/C=C\C/C=C\C/C=C\C/C=C\CC(=O)OCC(COC(=O)CCCCCC/C=C\C/C=C\C/C=C\C/C=C\CC)OC(=O)CCCCCCCCCCCCCCCCCCC. The molecule has 1 unspecified atom stereocenters. The molecule has 0 radical (unpaired) electrons. The maximum Gasteiger partial charge on any atom is 0.309 e. The van der Waals surface area contributed by atoms with Gasteiger partial charge in [0.1, 0.15) is 13.2 Å². The van der Waals surface area contributed by atoms with Crippen molar-refractivity contribution in [3.63, 3.8) is 0 Å². The molecular formula is C61H100O6. The highest BCUT2D eigenvalue weighted by Gasteiger charge is 2.19. The molecule has 0 aromatic heterocycles. The molecule has 0 amide bonds. The third-order valence-electron chi connectivity index (χ3n) is 11.3. The summed E-state index contributed by atoms with van der Waals surface area (Å²) in [7, 11) is 0. The second-order valence-corrected chi connectivity index (χ2v) is 17.8. The lowest BCUT2D eigenvalue weighted by Gasteiger charge is -2.18. The van der Waals surface area contributed by atoms with Crippen molar-refractivity contribution in [1.82, 2.24) is 0 Å². The first-order valence-electron chi connectivity index (χ1n) is 27.4. The molecule has 6 heteroatoms. The lowest BCUT2D eigenvalue weighted by Crippen LogP contribution is -2.30. The number of hydrogen-bond acceptors (Lipinski definition) is 6. The highest BCUT2D eigenvalue weighted by molar-refractivity contribution is 5.72. The number of esters is 3. The van der Waals surface area contributed by atoms with Gasteiger partial charge < -0.3 is 14.2 Å². The van der Waals surface area contributed by atoms with Gasteiger partial charge in [0.15, 0.2) is 6.10 Å². The fraction of sp³-hybridized carbons (Fsp3) is 0.656. The third kappa shape index (κ3) is 52.9. The van der Waals surface area contributed by atoms with E-state index in [0.29, 0.717) is 12.8 Å². The van der Waals surface area contributed by atoms with Gasteiger partial charge >= 0.3 is 17.9 Å². The number of allylic oxidation sites excluding steroid dienone is 17. The standard InChI is InChI=1S/C61H100O6/c1-4-7-10-13-16-19-22-25-28-30-33-36-39-42-45-48-51-54-60(63)66-57-58(56-65-59(62)53-50-47-44-41-38-35-32-27-24-21-18-15-12-9-6-3)67-61(64)55-52-49-46-43-40-37-34-31-29-26-23-20-17-14-11-8-5-2/h7,9-10,12,16,18-19,21,25,27-28,32-33,36,38,41,47,50,58H,4-6,8,11,13-15,17,20,22-24,26,29-31,34-35,37,39-40,42-46,48-49,51-57H2,1-3H3/b10-7-,12-9-,19-16-,21-18-,28-25-,32-27-,36-33-,41-38-,50-47-. The van der Waals surface area contributed by atoms with Crippen LogP contribution in [0.3, 0.4) is 0 Å². The third-order valence-corrected chi connectivity index (χ3v) is 11.3. The molecular weight excluding hydrogens is 829 g/mol. The van der Waals surface area contributed by atoms with Crippen LogP contribution in [-0.2, 0) is 28.6 Å².